The number of benzene rings is 1. The lowest BCUT2D eigenvalue weighted by molar-refractivity contribution is 0.488. The lowest BCUT2D eigenvalue weighted by atomic mass is 9.91. The number of rotatable bonds is 6. The Morgan fingerprint density at radius 3 is 2.65 bits per heavy atom. The van der Waals surface area contributed by atoms with Gasteiger partial charge in [0.05, 0.1) is 0 Å². The van der Waals surface area contributed by atoms with Crippen molar-refractivity contribution in [3.05, 3.63) is 48.5 Å². The molecule has 1 atom stereocenters. The molecule has 2 aromatic rings. The van der Waals surface area contributed by atoms with Crippen LogP contribution in [0, 0.1) is 0 Å². The van der Waals surface area contributed by atoms with Gasteiger partial charge in [-0.2, -0.15) is 5.10 Å². The summed E-state index contributed by atoms with van der Waals surface area (Å²) in [5.41, 5.74) is 1.44. The highest BCUT2D eigenvalue weighted by molar-refractivity contribution is 5.19. The van der Waals surface area contributed by atoms with Gasteiger partial charge in [-0.3, -0.25) is 4.68 Å². The van der Waals surface area contributed by atoms with E-state index in [1.165, 1.54) is 18.4 Å². The normalized spacial score (nSPS) is 12.5. The monoisotopic (exact) mass is 229 g/mol. The van der Waals surface area contributed by atoms with Crippen molar-refractivity contribution >= 4 is 0 Å². The van der Waals surface area contributed by atoms with Crippen LogP contribution in [-0.2, 0) is 6.54 Å². The molecule has 0 N–H and O–H groups in total. The zero-order valence-electron chi connectivity index (χ0n) is 10.3. The van der Waals surface area contributed by atoms with Crippen LogP contribution in [0.4, 0.5) is 0 Å². The van der Waals surface area contributed by atoms with E-state index in [1.54, 1.807) is 12.7 Å². The Morgan fingerprint density at radius 2 is 2.00 bits per heavy atom. The van der Waals surface area contributed by atoms with Gasteiger partial charge in [-0.05, 0) is 24.3 Å². The summed E-state index contributed by atoms with van der Waals surface area (Å²) >= 11 is 0. The Bertz CT molecular complexity index is 408. The Balaban J connectivity index is 1.98. The fourth-order valence-corrected chi connectivity index (χ4v) is 2.19. The Hall–Kier alpha value is -1.64. The molecule has 0 fully saturated rings. The first-order chi connectivity index (χ1) is 8.40. The van der Waals surface area contributed by atoms with E-state index in [9.17, 15) is 0 Å². The fraction of sp³-hybridized carbons (Fsp3) is 0.429. The van der Waals surface area contributed by atoms with Gasteiger partial charge < -0.3 is 0 Å². The summed E-state index contributed by atoms with van der Waals surface area (Å²) in [5.74, 6) is 0.630. The number of hydrogen-bond donors (Lipinski definition) is 0. The molecule has 3 heteroatoms. The molecule has 0 saturated carbocycles. The van der Waals surface area contributed by atoms with E-state index in [-0.39, 0.29) is 0 Å². The number of hydrogen-bond acceptors (Lipinski definition) is 2. The van der Waals surface area contributed by atoms with Gasteiger partial charge in [-0.15, -0.1) is 0 Å². The van der Waals surface area contributed by atoms with Gasteiger partial charge in [0.2, 0.25) is 0 Å². The van der Waals surface area contributed by atoms with Gasteiger partial charge in [0, 0.05) is 6.54 Å². The van der Waals surface area contributed by atoms with Crippen LogP contribution in [0.2, 0.25) is 0 Å². The van der Waals surface area contributed by atoms with Gasteiger partial charge in [0.1, 0.15) is 12.7 Å². The van der Waals surface area contributed by atoms with Gasteiger partial charge in [-0.1, -0.05) is 43.7 Å². The van der Waals surface area contributed by atoms with E-state index in [2.05, 4.69) is 47.3 Å². The number of aryl methyl sites for hydroxylation is 1. The minimum atomic E-state index is 0.630. The van der Waals surface area contributed by atoms with Crippen molar-refractivity contribution in [3.63, 3.8) is 0 Å². The maximum atomic E-state index is 4.15. The molecule has 1 heterocycles. The van der Waals surface area contributed by atoms with E-state index in [4.69, 9.17) is 0 Å². The molecule has 0 spiro atoms. The third kappa shape index (κ3) is 3.41. The maximum absolute atomic E-state index is 4.15. The molecule has 0 aliphatic carbocycles. The second-order valence-electron chi connectivity index (χ2n) is 4.34. The van der Waals surface area contributed by atoms with Crippen LogP contribution < -0.4 is 0 Å². The third-order valence-electron chi connectivity index (χ3n) is 3.08. The molecule has 17 heavy (non-hydrogen) atoms. The Labute approximate surface area is 103 Å². The summed E-state index contributed by atoms with van der Waals surface area (Å²) < 4.78 is 1.91. The van der Waals surface area contributed by atoms with E-state index >= 15 is 0 Å². The highest BCUT2D eigenvalue weighted by atomic mass is 15.3. The average Bonchev–Trinajstić information content (AvgIpc) is 2.88. The maximum Gasteiger partial charge on any atom is 0.137 e. The highest BCUT2D eigenvalue weighted by Crippen LogP contribution is 2.25. The first-order valence-electron chi connectivity index (χ1n) is 6.27. The summed E-state index contributed by atoms with van der Waals surface area (Å²) in [4.78, 5) is 3.97. The van der Waals surface area contributed by atoms with E-state index in [1.807, 2.05) is 4.68 Å². The van der Waals surface area contributed by atoms with Crippen molar-refractivity contribution < 1.29 is 0 Å². The van der Waals surface area contributed by atoms with Gasteiger partial charge in [0.25, 0.3) is 0 Å². The minimum Gasteiger partial charge on any atom is -0.253 e. The Kier molecular flexibility index (Phi) is 4.30. The second kappa shape index (κ2) is 6.18. The molecule has 0 aliphatic heterocycles. The van der Waals surface area contributed by atoms with Crippen LogP contribution in [0.15, 0.2) is 43.0 Å². The lowest BCUT2D eigenvalue weighted by Crippen LogP contribution is -2.05. The molecule has 0 aliphatic rings. The predicted octanol–water partition coefficient (Wildman–Crippen LogP) is 3.25. The molecule has 3 nitrogen and oxygen atoms in total. The molecular formula is C14H19N3. The van der Waals surface area contributed by atoms with Gasteiger partial charge in [0.15, 0.2) is 0 Å². The molecule has 0 unspecified atom stereocenters. The lowest BCUT2D eigenvalue weighted by Gasteiger charge is -2.16. The topological polar surface area (TPSA) is 30.7 Å². The van der Waals surface area contributed by atoms with Crippen LogP contribution in [0.1, 0.15) is 37.7 Å². The first kappa shape index (κ1) is 11.8. The summed E-state index contributed by atoms with van der Waals surface area (Å²) in [6, 6.07) is 10.8. The van der Waals surface area contributed by atoms with Crippen LogP contribution in [-0.4, -0.2) is 14.8 Å². The second-order valence-corrected chi connectivity index (χ2v) is 4.34. The standard InChI is InChI=1S/C14H19N3/c1-2-6-13(14-7-4-3-5-8-14)9-10-17-12-15-11-16-17/h3-5,7-8,11-13H,2,6,9-10H2,1H3/t13-/m1/s1. The fourth-order valence-electron chi connectivity index (χ4n) is 2.19. The number of nitrogens with zero attached hydrogens (tertiary/aromatic N) is 3. The van der Waals surface area contributed by atoms with E-state index in [0.717, 1.165) is 13.0 Å². The molecule has 0 saturated heterocycles. The SMILES string of the molecule is CCC[C@H](CCn1cncn1)c1ccccc1. The smallest absolute Gasteiger partial charge is 0.137 e. The number of aromatic nitrogens is 3. The summed E-state index contributed by atoms with van der Waals surface area (Å²) in [5, 5.41) is 4.15. The van der Waals surface area contributed by atoms with Crippen LogP contribution >= 0.6 is 0 Å². The summed E-state index contributed by atoms with van der Waals surface area (Å²) in [6.07, 6.45) is 6.96. The van der Waals surface area contributed by atoms with E-state index in [0.29, 0.717) is 5.92 Å². The average molecular weight is 229 g/mol. The molecule has 90 valence electrons. The molecule has 2 rings (SSSR count). The van der Waals surface area contributed by atoms with Gasteiger partial charge >= 0.3 is 0 Å². The van der Waals surface area contributed by atoms with Crippen molar-refractivity contribution in [2.45, 2.75) is 38.6 Å². The quantitative estimate of drug-likeness (QED) is 0.761. The van der Waals surface area contributed by atoms with Crippen LogP contribution in [0.5, 0.6) is 0 Å². The summed E-state index contributed by atoms with van der Waals surface area (Å²) in [6.45, 7) is 3.19. The van der Waals surface area contributed by atoms with Gasteiger partial charge in [-0.25, -0.2) is 4.98 Å². The van der Waals surface area contributed by atoms with Crippen molar-refractivity contribution in [2.75, 3.05) is 0 Å². The van der Waals surface area contributed by atoms with Crippen molar-refractivity contribution in [1.29, 1.82) is 0 Å². The molecule has 1 aromatic heterocycles. The van der Waals surface area contributed by atoms with Crippen LogP contribution in [0.3, 0.4) is 0 Å². The molecule has 0 amide bonds. The largest absolute Gasteiger partial charge is 0.253 e. The molecule has 1 aromatic carbocycles. The Morgan fingerprint density at radius 1 is 1.18 bits per heavy atom. The molecule has 0 bridgehead atoms. The molecular weight excluding hydrogens is 210 g/mol. The van der Waals surface area contributed by atoms with Crippen molar-refractivity contribution in [2.24, 2.45) is 0 Å². The minimum absolute atomic E-state index is 0.630. The first-order valence-corrected chi connectivity index (χ1v) is 6.27. The highest BCUT2D eigenvalue weighted by Gasteiger charge is 2.10. The van der Waals surface area contributed by atoms with E-state index < -0.39 is 0 Å². The third-order valence-corrected chi connectivity index (χ3v) is 3.08. The predicted molar refractivity (Wildman–Crippen MR) is 68.7 cm³/mol. The molecule has 0 radical (unpaired) electrons. The van der Waals surface area contributed by atoms with Crippen LogP contribution in [0.25, 0.3) is 0 Å². The van der Waals surface area contributed by atoms with Crippen molar-refractivity contribution in [1.82, 2.24) is 14.8 Å². The zero-order valence-corrected chi connectivity index (χ0v) is 10.3. The van der Waals surface area contributed by atoms with Crippen molar-refractivity contribution in [3.8, 4) is 0 Å². The zero-order chi connectivity index (χ0) is 11.9. The summed E-state index contributed by atoms with van der Waals surface area (Å²) in [7, 11) is 0.